The Balaban J connectivity index is 2.22. The third kappa shape index (κ3) is 3.41. The second-order valence-electron chi connectivity index (χ2n) is 6.03. The second-order valence-corrected chi connectivity index (χ2v) is 6.47. The fourth-order valence-corrected chi connectivity index (χ4v) is 2.90. The topological polar surface area (TPSA) is 28.7 Å². The first-order valence-electron chi connectivity index (χ1n) is 7.54. The van der Waals surface area contributed by atoms with Gasteiger partial charge in [-0.2, -0.15) is 35.1 Å². The number of rotatable bonds is 2. The second kappa shape index (κ2) is 6.33. The van der Waals surface area contributed by atoms with E-state index in [2.05, 4.69) is 4.98 Å². The van der Waals surface area contributed by atoms with Crippen molar-refractivity contribution < 1.29 is 35.1 Å². The third-order valence-corrected chi connectivity index (χ3v) is 4.29. The van der Waals surface area contributed by atoms with Crippen molar-refractivity contribution in [3.8, 4) is 11.1 Å². The molecule has 0 aliphatic heterocycles. The van der Waals surface area contributed by atoms with Crippen LogP contribution < -0.4 is 0 Å². The van der Waals surface area contributed by atoms with Crippen LogP contribution in [0.15, 0.2) is 30.3 Å². The third-order valence-electron chi connectivity index (χ3n) is 4.06. The lowest BCUT2D eigenvalue weighted by Crippen LogP contribution is -2.34. The Bertz CT molecular complexity index is 1050. The molecule has 0 aliphatic carbocycles. The molecule has 1 heterocycles. The summed E-state index contributed by atoms with van der Waals surface area (Å²) in [5.41, 5.74) is -1.68. The Hall–Kier alpha value is -2.36. The number of H-pyrrole nitrogens is 1. The summed E-state index contributed by atoms with van der Waals surface area (Å²) in [6, 6.07) is 5.19. The molecule has 150 valence electrons. The zero-order chi connectivity index (χ0) is 21.1. The molecule has 1 aromatic heterocycles. The van der Waals surface area contributed by atoms with Crippen LogP contribution in [0, 0.1) is 6.92 Å². The average Bonchev–Trinajstić information content (AvgIpc) is 2.95. The molecule has 0 saturated heterocycles. The van der Waals surface area contributed by atoms with E-state index in [4.69, 9.17) is 11.6 Å². The molecule has 0 saturated carbocycles. The highest BCUT2D eigenvalue weighted by molar-refractivity contribution is 6.30. The maximum absolute atomic E-state index is 13.5. The van der Waals surface area contributed by atoms with Crippen molar-refractivity contribution in [3.05, 3.63) is 52.3 Å². The van der Waals surface area contributed by atoms with Crippen LogP contribution in [-0.2, 0) is 12.1 Å². The summed E-state index contributed by atoms with van der Waals surface area (Å²) in [6.45, 7) is 1.39. The maximum Gasteiger partial charge on any atom is 0.461 e. The van der Waals surface area contributed by atoms with E-state index in [1.807, 2.05) is 4.98 Å². The fraction of sp³-hybridized carbons (Fsp3) is 0.235. The standard InChI is InChI=1S/C17H9ClF8N2/c1-7-4-12-13(28-14(27-12)15(19,20)17(24,25)26)6-10(7)9-3-2-8(18)5-11(9)16(21,22)23/h2-6H,1H3,(H,27,28). The Kier molecular flexibility index (Phi) is 4.61. The van der Waals surface area contributed by atoms with Gasteiger partial charge in [-0.1, -0.05) is 17.7 Å². The van der Waals surface area contributed by atoms with Gasteiger partial charge in [-0.3, -0.25) is 0 Å². The number of nitrogens with zero attached hydrogens (tertiary/aromatic N) is 1. The predicted octanol–water partition coefficient (Wildman–Crippen LogP) is 6.86. The summed E-state index contributed by atoms with van der Waals surface area (Å²) in [5, 5.41) is -0.165. The number of benzene rings is 2. The average molecular weight is 429 g/mol. The van der Waals surface area contributed by atoms with E-state index in [-0.39, 0.29) is 32.7 Å². The van der Waals surface area contributed by atoms with E-state index in [1.54, 1.807) is 0 Å². The van der Waals surface area contributed by atoms with E-state index in [0.29, 0.717) is 6.07 Å². The van der Waals surface area contributed by atoms with Crippen molar-refractivity contribution in [1.82, 2.24) is 9.97 Å². The molecule has 0 unspecified atom stereocenters. The zero-order valence-corrected chi connectivity index (χ0v) is 14.5. The SMILES string of the molecule is Cc1cc2[nH]c(C(F)(F)C(F)(F)F)nc2cc1-c1ccc(Cl)cc1C(F)(F)F. The normalized spacial score (nSPS) is 13.4. The summed E-state index contributed by atoms with van der Waals surface area (Å²) in [7, 11) is 0. The van der Waals surface area contributed by atoms with Crippen molar-refractivity contribution in [3.63, 3.8) is 0 Å². The van der Waals surface area contributed by atoms with Crippen molar-refractivity contribution in [2.45, 2.75) is 25.2 Å². The number of aryl methyl sites for hydroxylation is 1. The van der Waals surface area contributed by atoms with Gasteiger partial charge in [-0.25, -0.2) is 4.98 Å². The highest BCUT2D eigenvalue weighted by Crippen LogP contribution is 2.44. The Morgan fingerprint density at radius 3 is 2.11 bits per heavy atom. The number of aromatic amines is 1. The number of hydrogen-bond acceptors (Lipinski definition) is 1. The molecular weight excluding hydrogens is 420 g/mol. The lowest BCUT2D eigenvalue weighted by Gasteiger charge is -2.16. The van der Waals surface area contributed by atoms with Crippen LogP contribution in [-0.4, -0.2) is 16.1 Å². The zero-order valence-electron chi connectivity index (χ0n) is 13.7. The minimum atomic E-state index is -5.88. The first kappa shape index (κ1) is 20.4. The van der Waals surface area contributed by atoms with Gasteiger partial charge < -0.3 is 4.98 Å². The molecule has 28 heavy (non-hydrogen) atoms. The van der Waals surface area contributed by atoms with Crippen LogP contribution in [0.25, 0.3) is 22.2 Å². The van der Waals surface area contributed by atoms with Crippen LogP contribution in [0.4, 0.5) is 35.1 Å². The van der Waals surface area contributed by atoms with E-state index < -0.39 is 29.7 Å². The quantitative estimate of drug-likeness (QED) is 0.444. The molecule has 1 N–H and O–H groups in total. The van der Waals surface area contributed by atoms with E-state index in [0.717, 1.165) is 18.2 Å². The number of alkyl halides is 8. The van der Waals surface area contributed by atoms with Gasteiger partial charge in [0.2, 0.25) is 0 Å². The van der Waals surface area contributed by atoms with Gasteiger partial charge in [-0.05, 0) is 47.9 Å². The number of imidazole rings is 1. The van der Waals surface area contributed by atoms with Crippen LogP contribution in [0.5, 0.6) is 0 Å². The Morgan fingerprint density at radius 2 is 1.54 bits per heavy atom. The molecule has 0 bridgehead atoms. The maximum atomic E-state index is 13.5. The molecule has 0 atom stereocenters. The summed E-state index contributed by atoms with van der Waals surface area (Å²) in [6.07, 6.45) is -10.6. The van der Waals surface area contributed by atoms with Gasteiger partial charge in [0, 0.05) is 5.02 Å². The Morgan fingerprint density at radius 1 is 0.893 bits per heavy atom. The van der Waals surface area contributed by atoms with Gasteiger partial charge in [0.15, 0.2) is 5.82 Å². The van der Waals surface area contributed by atoms with Crippen molar-refractivity contribution in [2.75, 3.05) is 0 Å². The van der Waals surface area contributed by atoms with E-state index in [1.165, 1.54) is 13.0 Å². The van der Waals surface area contributed by atoms with Gasteiger partial charge in [0.25, 0.3) is 0 Å². The molecule has 11 heteroatoms. The number of aromatic nitrogens is 2. The molecule has 2 aromatic carbocycles. The van der Waals surface area contributed by atoms with Crippen LogP contribution in [0.1, 0.15) is 17.0 Å². The van der Waals surface area contributed by atoms with Crippen LogP contribution >= 0.6 is 11.6 Å². The largest absolute Gasteiger partial charge is 0.461 e. The summed E-state index contributed by atoms with van der Waals surface area (Å²) < 4.78 is 105. The highest BCUT2D eigenvalue weighted by Gasteiger charge is 2.61. The molecule has 0 radical (unpaired) electrons. The lowest BCUT2D eigenvalue weighted by atomic mass is 9.95. The summed E-state index contributed by atoms with van der Waals surface area (Å²) in [4.78, 5) is 5.15. The fourth-order valence-electron chi connectivity index (χ4n) is 2.72. The Labute approximate surface area is 157 Å². The molecule has 2 nitrogen and oxygen atoms in total. The van der Waals surface area contributed by atoms with E-state index >= 15 is 0 Å². The first-order valence-corrected chi connectivity index (χ1v) is 7.92. The minimum Gasteiger partial charge on any atom is -0.337 e. The van der Waals surface area contributed by atoms with Crippen molar-refractivity contribution in [2.24, 2.45) is 0 Å². The number of nitrogens with one attached hydrogen (secondary N) is 1. The van der Waals surface area contributed by atoms with Gasteiger partial charge in [-0.15, -0.1) is 0 Å². The molecule has 3 aromatic rings. The lowest BCUT2D eigenvalue weighted by molar-refractivity contribution is -0.292. The van der Waals surface area contributed by atoms with Crippen molar-refractivity contribution >= 4 is 22.6 Å². The smallest absolute Gasteiger partial charge is 0.337 e. The van der Waals surface area contributed by atoms with Crippen LogP contribution in [0.2, 0.25) is 5.02 Å². The van der Waals surface area contributed by atoms with Crippen molar-refractivity contribution in [1.29, 1.82) is 0 Å². The summed E-state index contributed by atoms with van der Waals surface area (Å²) in [5.74, 6) is -6.88. The number of fused-ring (bicyclic) bond motifs is 1. The van der Waals surface area contributed by atoms with Crippen LogP contribution in [0.3, 0.4) is 0 Å². The van der Waals surface area contributed by atoms with Gasteiger partial charge in [0.05, 0.1) is 16.6 Å². The predicted molar refractivity (Wildman–Crippen MR) is 86.2 cm³/mol. The molecule has 0 spiro atoms. The first-order chi connectivity index (χ1) is 12.7. The molecule has 0 amide bonds. The molecular formula is C17H9ClF8N2. The summed E-state index contributed by atoms with van der Waals surface area (Å²) >= 11 is 5.63. The highest BCUT2D eigenvalue weighted by atomic mass is 35.5. The van der Waals surface area contributed by atoms with Gasteiger partial charge >= 0.3 is 18.3 Å². The van der Waals surface area contributed by atoms with E-state index in [9.17, 15) is 35.1 Å². The monoisotopic (exact) mass is 428 g/mol. The number of halogens is 9. The molecule has 0 aliphatic rings. The molecule has 0 fully saturated rings. The van der Waals surface area contributed by atoms with Gasteiger partial charge in [0.1, 0.15) is 0 Å². The minimum absolute atomic E-state index is 0.0233. The molecule has 3 rings (SSSR count). The number of hydrogen-bond donors (Lipinski definition) is 1.